The number of carbonyl (C=O) groups excluding carboxylic acids is 1. The van der Waals surface area contributed by atoms with Gasteiger partial charge in [-0.3, -0.25) is 14.6 Å². The molecule has 0 fully saturated rings. The van der Waals surface area contributed by atoms with E-state index in [1.165, 1.54) is 11.3 Å². The summed E-state index contributed by atoms with van der Waals surface area (Å²) in [6.45, 7) is 8.77. The Kier molecular flexibility index (Phi) is 6.89. The number of hydrogen-bond acceptors (Lipinski definition) is 5. The van der Waals surface area contributed by atoms with Gasteiger partial charge in [0.05, 0.1) is 9.17 Å². The molecule has 0 unspecified atom stereocenters. The van der Waals surface area contributed by atoms with Gasteiger partial charge in [-0.2, -0.15) is 0 Å². The molecule has 4 aromatic rings. The van der Waals surface area contributed by atoms with E-state index in [1.807, 2.05) is 74.5 Å². The lowest BCUT2D eigenvalue weighted by molar-refractivity contribution is -0.127. The normalized spacial score (nSPS) is 12.8. The van der Waals surface area contributed by atoms with E-state index in [9.17, 15) is 19.2 Å². The van der Waals surface area contributed by atoms with Gasteiger partial charge >= 0.3 is 5.69 Å². The van der Waals surface area contributed by atoms with Crippen molar-refractivity contribution in [3.05, 3.63) is 90.9 Å². The molecule has 9 heteroatoms. The molecule has 0 aliphatic rings. The number of aromatic amines is 1. The number of benzene rings is 2. The lowest BCUT2D eigenvalue weighted by Crippen LogP contribution is -2.66. The molecule has 2 aromatic heterocycles. The fraction of sp³-hybridized carbons (Fsp3) is 0.296. The first-order valence-electron chi connectivity index (χ1n) is 11.6. The molecule has 4 rings (SSSR count). The molecular formula is C27H29BrN2O4SSi. The Bertz CT molecular complexity index is 1520. The predicted molar refractivity (Wildman–Crippen MR) is 152 cm³/mol. The van der Waals surface area contributed by atoms with Crippen LogP contribution >= 0.6 is 27.3 Å². The number of rotatable bonds is 7. The lowest BCUT2D eigenvalue weighted by atomic mass is 9.91. The summed E-state index contributed by atoms with van der Waals surface area (Å²) in [5, 5.41) is 1.13. The number of ketones is 1. The van der Waals surface area contributed by atoms with Crippen LogP contribution in [0, 0.1) is 6.92 Å². The standard InChI is InChI=1S/C27H29BrN2O4SSi/c1-17-21-23(35-22(17)28)29-25(33)30(24(21)32)27(4,5)20(31)16-26(2,3)36(34,18-12-8-6-9-13-18)19-14-10-7-11-15-19/h6-15,34H,16H2,1-5H3,(H,29,33). The molecule has 188 valence electrons. The molecule has 0 bridgehead atoms. The molecule has 0 radical (unpaired) electrons. The summed E-state index contributed by atoms with van der Waals surface area (Å²) in [6.07, 6.45) is -0.0251. The van der Waals surface area contributed by atoms with Crippen molar-refractivity contribution in [3.8, 4) is 0 Å². The predicted octanol–water partition coefficient (Wildman–Crippen LogP) is 4.05. The summed E-state index contributed by atoms with van der Waals surface area (Å²) >= 11 is 4.71. The second-order valence-electron chi connectivity index (χ2n) is 10.3. The maximum atomic E-state index is 13.9. The Hall–Kier alpha value is -2.59. The van der Waals surface area contributed by atoms with E-state index in [1.54, 1.807) is 20.8 Å². The second kappa shape index (κ2) is 9.37. The molecule has 2 N–H and O–H groups in total. The Morgan fingerprint density at radius 1 is 1.00 bits per heavy atom. The third kappa shape index (κ3) is 4.17. The Labute approximate surface area is 222 Å². The second-order valence-corrected chi connectivity index (χ2v) is 16.5. The highest BCUT2D eigenvalue weighted by Gasteiger charge is 2.52. The number of fused-ring (bicyclic) bond motifs is 1. The van der Waals surface area contributed by atoms with Crippen LogP contribution in [0.3, 0.4) is 0 Å². The number of aryl methyl sites for hydroxylation is 1. The molecule has 2 heterocycles. The zero-order valence-electron chi connectivity index (χ0n) is 20.9. The Balaban J connectivity index is 1.81. The number of carbonyl (C=O) groups is 1. The lowest BCUT2D eigenvalue weighted by Gasteiger charge is -2.42. The summed E-state index contributed by atoms with van der Waals surface area (Å²) in [4.78, 5) is 56.1. The summed E-state index contributed by atoms with van der Waals surface area (Å²) in [5.41, 5.74) is -1.83. The van der Waals surface area contributed by atoms with Crippen LogP contribution in [0.5, 0.6) is 0 Å². The number of nitrogens with one attached hydrogen (secondary N) is 1. The third-order valence-corrected chi connectivity index (χ3v) is 13.7. The largest absolute Gasteiger partial charge is 0.424 e. The number of thiophene rings is 1. The van der Waals surface area contributed by atoms with E-state index < -0.39 is 30.1 Å². The summed E-state index contributed by atoms with van der Waals surface area (Å²) in [7, 11) is -3.45. The average Bonchev–Trinajstić information content (AvgIpc) is 3.12. The Morgan fingerprint density at radius 3 is 2.00 bits per heavy atom. The minimum Gasteiger partial charge on any atom is -0.424 e. The van der Waals surface area contributed by atoms with Gasteiger partial charge in [0.1, 0.15) is 10.4 Å². The maximum absolute atomic E-state index is 13.9. The van der Waals surface area contributed by atoms with Gasteiger partial charge in [0.2, 0.25) is 0 Å². The highest BCUT2D eigenvalue weighted by Crippen LogP contribution is 2.41. The Morgan fingerprint density at radius 2 is 1.50 bits per heavy atom. The number of aromatic nitrogens is 2. The molecule has 0 atom stereocenters. The topological polar surface area (TPSA) is 92.2 Å². The van der Waals surface area contributed by atoms with Crippen molar-refractivity contribution in [1.82, 2.24) is 9.55 Å². The smallest absolute Gasteiger partial charge is 0.330 e. The van der Waals surface area contributed by atoms with Crippen molar-refractivity contribution in [2.45, 2.75) is 51.6 Å². The number of nitrogens with zero attached hydrogens (tertiary/aromatic N) is 1. The van der Waals surface area contributed by atoms with Gasteiger partial charge in [-0.05, 0) is 57.7 Å². The van der Waals surface area contributed by atoms with E-state index in [0.717, 1.165) is 24.3 Å². The first-order chi connectivity index (χ1) is 16.8. The van der Waals surface area contributed by atoms with Gasteiger partial charge in [-0.15, -0.1) is 11.3 Å². The van der Waals surface area contributed by atoms with E-state index in [2.05, 4.69) is 20.9 Å². The van der Waals surface area contributed by atoms with Gasteiger partial charge in [0.25, 0.3) is 13.9 Å². The van der Waals surface area contributed by atoms with Crippen molar-refractivity contribution in [2.75, 3.05) is 0 Å². The van der Waals surface area contributed by atoms with Crippen molar-refractivity contribution < 1.29 is 9.59 Å². The zero-order chi connectivity index (χ0) is 26.5. The van der Waals surface area contributed by atoms with Crippen LogP contribution in [-0.2, 0) is 10.3 Å². The summed E-state index contributed by atoms with van der Waals surface area (Å²) in [5.74, 6) is -0.302. The summed E-state index contributed by atoms with van der Waals surface area (Å²) < 4.78 is 1.78. The summed E-state index contributed by atoms with van der Waals surface area (Å²) in [6, 6.07) is 18.9. The van der Waals surface area contributed by atoms with Gasteiger partial charge in [0.15, 0.2) is 5.78 Å². The molecule has 0 spiro atoms. The maximum Gasteiger partial charge on any atom is 0.330 e. The SMILES string of the molecule is Cc1c(Br)sc2[nH]c(=O)n(C(C)(C)C(=O)CC(C)(C)[Si](O)(c3ccccc3)c3ccccc3)c(=O)c12. The minimum atomic E-state index is -3.45. The monoisotopic (exact) mass is 584 g/mol. The number of halogens is 1. The fourth-order valence-electron chi connectivity index (χ4n) is 4.87. The number of H-pyrrole nitrogens is 1. The van der Waals surface area contributed by atoms with Crippen LogP contribution in [0.4, 0.5) is 0 Å². The van der Waals surface area contributed by atoms with Gasteiger partial charge in [0, 0.05) is 6.42 Å². The van der Waals surface area contributed by atoms with E-state index >= 15 is 0 Å². The van der Waals surface area contributed by atoms with Crippen LogP contribution < -0.4 is 21.6 Å². The van der Waals surface area contributed by atoms with Crippen LogP contribution in [0.15, 0.2) is 74.0 Å². The molecule has 0 saturated carbocycles. The molecule has 0 saturated heterocycles. The first-order valence-corrected chi connectivity index (χ1v) is 15.2. The van der Waals surface area contributed by atoms with E-state index in [4.69, 9.17) is 0 Å². The van der Waals surface area contributed by atoms with E-state index in [0.29, 0.717) is 10.2 Å². The highest BCUT2D eigenvalue weighted by molar-refractivity contribution is 9.11. The van der Waals surface area contributed by atoms with Crippen molar-refractivity contribution >= 4 is 62.0 Å². The van der Waals surface area contributed by atoms with Crippen LogP contribution in [0.25, 0.3) is 10.2 Å². The molecule has 0 amide bonds. The fourth-order valence-corrected chi connectivity index (χ4v) is 10.1. The molecular weight excluding hydrogens is 556 g/mol. The van der Waals surface area contributed by atoms with Gasteiger partial charge < -0.3 is 4.80 Å². The third-order valence-electron chi connectivity index (χ3n) is 7.14. The molecule has 6 nitrogen and oxygen atoms in total. The molecule has 2 aromatic carbocycles. The quantitative estimate of drug-likeness (QED) is 0.320. The molecule has 0 aliphatic heterocycles. The zero-order valence-corrected chi connectivity index (χ0v) is 24.3. The van der Waals surface area contributed by atoms with Crippen LogP contribution in [0.2, 0.25) is 5.04 Å². The van der Waals surface area contributed by atoms with Gasteiger partial charge in [-0.1, -0.05) is 74.5 Å². The van der Waals surface area contributed by atoms with Crippen molar-refractivity contribution in [3.63, 3.8) is 0 Å². The van der Waals surface area contributed by atoms with Crippen LogP contribution in [0.1, 0.15) is 39.7 Å². The van der Waals surface area contributed by atoms with Crippen molar-refractivity contribution in [1.29, 1.82) is 0 Å². The molecule has 0 aliphatic carbocycles. The highest BCUT2D eigenvalue weighted by atomic mass is 79.9. The van der Waals surface area contributed by atoms with Crippen molar-refractivity contribution in [2.24, 2.45) is 0 Å². The van der Waals surface area contributed by atoms with Crippen LogP contribution in [-0.4, -0.2) is 28.4 Å². The molecule has 36 heavy (non-hydrogen) atoms. The van der Waals surface area contributed by atoms with E-state index in [-0.39, 0.29) is 12.2 Å². The minimum absolute atomic E-state index is 0.0251. The van der Waals surface area contributed by atoms with Gasteiger partial charge in [-0.25, -0.2) is 9.36 Å². The number of Topliss-reactive ketones (excluding diaryl/α,β-unsaturated/α-hetero) is 1. The number of hydrogen-bond donors (Lipinski definition) is 2. The average molecular weight is 586 g/mol. The first kappa shape index (κ1) is 26.5.